The van der Waals surface area contributed by atoms with Crippen molar-refractivity contribution in [1.82, 2.24) is 14.7 Å². The van der Waals surface area contributed by atoms with Gasteiger partial charge in [0, 0.05) is 24.2 Å². The van der Waals surface area contributed by atoms with Crippen molar-refractivity contribution in [3.05, 3.63) is 17.3 Å². The zero-order valence-electron chi connectivity index (χ0n) is 10.6. The van der Waals surface area contributed by atoms with Crippen molar-refractivity contribution in [2.75, 3.05) is 7.11 Å². The monoisotopic (exact) mass is 253 g/mol. The SMILES string of the molecule is CCC(CC)NCc1c(OC)nc2sccn12. The molecule has 2 heterocycles. The molecule has 0 aliphatic carbocycles. The third-order valence-corrected chi connectivity index (χ3v) is 3.82. The smallest absolute Gasteiger partial charge is 0.237 e. The first kappa shape index (κ1) is 12.4. The summed E-state index contributed by atoms with van der Waals surface area (Å²) in [6.07, 6.45) is 4.33. The summed E-state index contributed by atoms with van der Waals surface area (Å²) >= 11 is 1.63. The second-order valence-electron chi connectivity index (χ2n) is 4.02. The molecule has 0 radical (unpaired) electrons. The normalized spacial score (nSPS) is 11.5. The number of nitrogens with zero attached hydrogens (tertiary/aromatic N) is 2. The van der Waals surface area contributed by atoms with Crippen molar-refractivity contribution in [3.63, 3.8) is 0 Å². The predicted octanol–water partition coefficient (Wildman–Crippen LogP) is 2.68. The van der Waals surface area contributed by atoms with Crippen molar-refractivity contribution in [3.8, 4) is 5.88 Å². The van der Waals surface area contributed by atoms with Gasteiger partial charge in [-0.25, -0.2) is 0 Å². The number of fused-ring (bicyclic) bond motifs is 1. The molecule has 2 rings (SSSR count). The standard InChI is InChI=1S/C12H19N3OS/c1-4-9(5-2)13-8-10-11(16-3)14-12-15(10)6-7-17-12/h6-7,9,13H,4-5,8H2,1-3H3. The number of ether oxygens (including phenoxy) is 1. The van der Waals surface area contributed by atoms with Crippen LogP contribution in [-0.2, 0) is 6.54 Å². The number of thiazole rings is 1. The van der Waals surface area contributed by atoms with Crippen molar-refractivity contribution >= 4 is 16.3 Å². The van der Waals surface area contributed by atoms with Gasteiger partial charge >= 0.3 is 0 Å². The molecule has 0 aliphatic heterocycles. The lowest BCUT2D eigenvalue weighted by atomic mass is 10.2. The second-order valence-corrected chi connectivity index (χ2v) is 4.89. The molecule has 17 heavy (non-hydrogen) atoms. The first-order valence-corrected chi connectivity index (χ1v) is 6.89. The van der Waals surface area contributed by atoms with E-state index in [-0.39, 0.29) is 0 Å². The summed E-state index contributed by atoms with van der Waals surface area (Å²) in [4.78, 5) is 5.43. The van der Waals surface area contributed by atoms with Crippen LogP contribution in [0.15, 0.2) is 11.6 Å². The van der Waals surface area contributed by atoms with E-state index in [0.29, 0.717) is 6.04 Å². The maximum Gasteiger partial charge on any atom is 0.237 e. The van der Waals surface area contributed by atoms with Crippen molar-refractivity contribution in [1.29, 1.82) is 0 Å². The van der Waals surface area contributed by atoms with Crippen LogP contribution in [0.1, 0.15) is 32.4 Å². The van der Waals surface area contributed by atoms with E-state index in [9.17, 15) is 0 Å². The van der Waals surface area contributed by atoms with E-state index in [2.05, 4.69) is 28.5 Å². The summed E-state index contributed by atoms with van der Waals surface area (Å²) in [6.45, 7) is 5.21. The van der Waals surface area contributed by atoms with Gasteiger partial charge < -0.3 is 10.1 Å². The Kier molecular flexibility index (Phi) is 4.02. The Labute approximate surface area is 106 Å². The Balaban J connectivity index is 2.18. The van der Waals surface area contributed by atoms with E-state index in [1.54, 1.807) is 18.4 Å². The Hall–Kier alpha value is -1.07. The summed E-state index contributed by atoms with van der Waals surface area (Å²) < 4.78 is 7.42. The van der Waals surface area contributed by atoms with Gasteiger partial charge in [0.1, 0.15) is 5.69 Å². The van der Waals surface area contributed by atoms with E-state index in [0.717, 1.165) is 35.9 Å². The van der Waals surface area contributed by atoms with Gasteiger partial charge in [-0.2, -0.15) is 4.98 Å². The number of hydrogen-bond acceptors (Lipinski definition) is 4. The van der Waals surface area contributed by atoms with Gasteiger partial charge in [-0.3, -0.25) is 4.40 Å². The molecule has 0 amide bonds. The van der Waals surface area contributed by atoms with Crippen LogP contribution in [0, 0.1) is 0 Å². The molecule has 0 unspecified atom stereocenters. The molecule has 0 saturated carbocycles. The van der Waals surface area contributed by atoms with Crippen LogP contribution in [0.3, 0.4) is 0 Å². The first-order chi connectivity index (χ1) is 8.30. The van der Waals surface area contributed by atoms with E-state index in [1.807, 2.05) is 11.6 Å². The van der Waals surface area contributed by atoms with Crippen molar-refractivity contribution in [2.45, 2.75) is 39.3 Å². The molecule has 2 aromatic heterocycles. The molecule has 0 spiro atoms. The van der Waals surface area contributed by atoms with Gasteiger partial charge in [0.15, 0.2) is 4.96 Å². The molecule has 0 aliphatic rings. The fourth-order valence-corrected chi connectivity index (χ4v) is 2.68. The van der Waals surface area contributed by atoms with Crippen LogP contribution in [0.25, 0.3) is 4.96 Å². The quantitative estimate of drug-likeness (QED) is 0.860. The highest BCUT2D eigenvalue weighted by Crippen LogP contribution is 2.23. The van der Waals surface area contributed by atoms with Gasteiger partial charge in [0.05, 0.1) is 7.11 Å². The summed E-state index contributed by atoms with van der Waals surface area (Å²) in [6, 6.07) is 0.559. The highest BCUT2D eigenvalue weighted by molar-refractivity contribution is 7.15. The fraction of sp³-hybridized carbons (Fsp3) is 0.583. The fourth-order valence-electron chi connectivity index (χ4n) is 1.96. The zero-order chi connectivity index (χ0) is 12.3. The second kappa shape index (κ2) is 5.51. The lowest BCUT2D eigenvalue weighted by molar-refractivity contribution is 0.388. The third-order valence-electron chi connectivity index (χ3n) is 3.06. The topological polar surface area (TPSA) is 38.6 Å². The van der Waals surface area contributed by atoms with E-state index < -0.39 is 0 Å². The number of methoxy groups -OCH3 is 1. The summed E-state index contributed by atoms with van der Waals surface area (Å²) in [5.41, 5.74) is 1.11. The zero-order valence-corrected chi connectivity index (χ0v) is 11.4. The molecular formula is C12H19N3OS. The number of hydrogen-bond donors (Lipinski definition) is 1. The molecule has 0 atom stereocenters. The highest BCUT2D eigenvalue weighted by atomic mass is 32.1. The molecule has 0 saturated heterocycles. The van der Waals surface area contributed by atoms with Crippen LogP contribution < -0.4 is 10.1 Å². The minimum absolute atomic E-state index is 0.559. The molecule has 2 aromatic rings. The Morgan fingerprint density at radius 1 is 1.47 bits per heavy atom. The molecule has 0 aromatic carbocycles. The molecule has 94 valence electrons. The van der Waals surface area contributed by atoms with Gasteiger partial charge in [-0.05, 0) is 12.8 Å². The largest absolute Gasteiger partial charge is 0.480 e. The van der Waals surface area contributed by atoms with E-state index in [4.69, 9.17) is 4.74 Å². The highest BCUT2D eigenvalue weighted by Gasteiger charge is 2.14. The van der Waals surface area contributed by atoms with Crippen LogP contribution in [0.4, 0.5) is 0 Å². The Morgan fingerprint density at radius 3 is 2.88 bits per heavy atom. The lowest BCUT2D eigenvalue weighted by Gasteiger charge is -2.14. The van der Waals surface area contributed by atoms with Crippen LogP contribution >= 0.6 is 11.3 Å². The van der Waals surface area contributed by atoms with E-state index >= 15 is 0 Å². The summed E-state index contributed by atoms with van der Waals surface area (Å²) in [5.74, 6) is 0.732. The molecule has 1 N–H and O–H groups in total. The summed E-state index contributed by atoms with van der Waals surface area (Å²) in [5, 5.41) is 5.59. The number of rotatable bonds is 6. The van der Waals surface area contributed by atoms with Gasteiger partial charge in [-0.1, -0.05) is 13.8 Å². The molecule has 0 fully saturated rings. The number of imidazole rings is 1. The Morgan fingerprint density at radius 2 is 2.24 bits per heavy atom. The van der Waals surface area contributed by atoms with Gasteiger partial charge in [-0.15, -0.1) is 11.3 Å². The van der Waals surface area contributed by atoms with Crippen LogP contribution in [0.2, 0.25) is 0 Å². The molecule has 5 heteroatoms. The third kappa shape index (κ3) is 2.45. The van der Waals surface area contributed by atoms with Crippen molar-refractivity contribution < 1.29 is 4.74 Å². The minimum atomic E-state index is 0.559. The van der Waals surface area contributed by atoms with Gasteiger partial charge in [0.2, 0.25) is 5.88 Å². The van der Waals surface area contributed by atoms with Crippen molar-refractivity contribution in [2.24, 2.45) is 0 Å². The van der Waals surface area contributed by atoms with Crippen LogP contribution in [-0.4, -0.2) is 22.5 Å². The molecule has 0 bridgehead atoms. The number of nitrogens with one attached hydrogen (secondary N) is 1. The van der Waals surface area contributed by atoms with Crippen LogP contribution in [0.5, 0.6) is 5.88 Å². The minimum Gasteiger partial charge on any atom is -0.480 e. The lowest BCUT2D eigenvalue weighted by Crippen LogP contribution is -2.27. The Bertz CT molecular complexity index is 473. The summed E-state index contributed by atoms with van der Waals surface area (Å²) in [7, 11) is 1.67. The average Bonchev–Trinajstić information content (AvgIpc) is 2.91. The predicted molar refractivity (Wildman–Crippen MR) is 70.8 cm³/mol. The molecular weight excluding hydrogens is 234 g/mol. The van der Waals surface area contributed by atoms with E-state index in [1.165, 1.54) is 0 Å². The van der Waals surface area contributed by atoms with Gasteiger partial charge in [0.25, 0.3) is 0 Å². The number of aromatic nitrogens is 2. The maximum atomic E-state index is 5.32. The maximum absolute atomic E-state index is 5.32. The first-order valence-electron chi connectivity index (χ1n) is 6.01. The molecule has 4 nitrogen and oxygen atoms in total. The average molecular weight is 253 g/mol.